The highest BCUT2D eigenvalue weighted by atomic mass is 35.5. The van der Waals surface area contributed by atoms with Gasteiger partial charge in [-0.05, 0) is 56.6 Å². The molecule has 1 aliphatic heterocycles. The molecule has 1 saturated heterocycles. The molecule has 27 heavy (non-hydrogen) atoms. The molecule has 1 aliphatic rings. The van der Waals surface area contributed by atoms with E-state index in [9.17, 15) is 4.79 Å². The predicted octanol–water partition coefficient (Wildman–Crippen LogP) is 3.25. The first-order valence-electron chi connectivity index (χ1n) is 9.01. The molecule has 0 amide bonds. The first kappa shape index (κ1) is 19.4. The average Bonchev–Trinajstić information content (AvgIpc) is 2.69. The van der Waals surface area contributed by atoms with Gasteiger partial charge < -0.3 is 4.74 Å². The molecule has 0 bridgehead atoms. The third-order valence-corrected chi connectivity index (χ3v) is 5.06. The van der Waals surface area contributed by atoms with Gasteiger partial charge in [-0.15, -0.1) is 0 Å². The average molecular weight is 390 g/mol. The summed E-state index contributed by atoms with van der Waals surface area (Å²) >= 11 is 5.96. The van der Waals surface area contributed by atoms with E-state index >= 15 is 0 Å². The number of nitrogens with zero attached hydrogens (tertiary/aromatic N) is 3. The van der Waals surface area contributed by atoms with Crippen LogP contribution in [0.25, 0.3) is 0 Å². The zero-order chi connectivity index (χ0) is 19.2. The zero-order valence-corrected chi connectivity index (χ0v) is 16.3. The number of benzene rings is 1. The largest absolute Gasteiger partial charge is 0.496 e. The summed E-state index contributed by atoms with van der Waals surface area (Å²) in [6.45, 7) is 5.00. The number of hydrazone groups is 1. The number of methoxy groups -OCH3 is 1. The van der Waals surface area contributed by atoms with Gasteiger partial charge in [0, 0.05) is 12.1 Å². The maximum absolute atomic E-state index is 11.5. The summed E-state index contributed by atoms with van der Waals surface area (Å²) in [6, 6.07) is 6.04. The van der Waals surface area contributed by atoms with Crippen LogP contribution in [0.15, 0.2) is 34.3 Å². The summed E-state index contributed by atoms with van der Waals surface area (Å²) in [6.07, 6.45) is 5.23. The van der Waals surface area contributed by atoms with Crippen LogP contribution in [0.2, 0.25) is 5.02 Å². The van der Waals surface area contributed by atoms with Crippen molar-refractivity contribution in [3.63, 3.8) is 0 Å². The standard InChI is InChI=1S/C19H24ClN5O2/c1-13(22-23-16-11-21-24-19(26)18(16)20)14-6-7-17(27-2)15(10-14)12-25-8-4-3-5-9-25/h6-7,10-11H,3-5,8-9,12H2,1-2H3,(H2,23,24,26)/b22-13-. The van der Waals surface area contributed by atoms with E-state index < -0.39 is 5.56 Å². The van der Waals surface area contributed by atoms with Gasteiger partial charge in [0.25, 0.3) is 5.56 Å². The maximum Gasteiger partial charge on any atom is 0.285 e. The van der Waals surface area contributed by atoms with Gasteiger partial charge >= 0.3 is 0 Å². The molecule has 8 heteroatoms. The number of piperidine rings is 1. The molecular formula is C19H24ClN5O2. The number of anilines is 1. The molecule has 0 spiro atoms. The van der Waals surface area contributed by atoms with E-state index in [1.165, 1.54) is 25.5 Å². The number of H-pyrrole nitrogens is 1. The van der Waals surface area contributed by atoms with E-state index in [1.807, 2.05) is 19.1 Å². The van der Waals surface area contributed by atoms with Crippen LogP contribution in [0.1, 0.15) is 37.3 Å². The van der Waals surface area contributed by atoms with Gasteiger partial charge in [-0.25, -0.2) is 5.10 Å². The Hall–Kier alpha value is -2.38. The minimum absolute atomic E-state index is 0.0297. The summed E-state index contributed by atoms with van der Waals surface area (Å²) in [7, 11) is 1.69. The van der Waals surface area contributed by atoms with Crippen LogP contribution in [0.4, 0.5) is 5.69 Å². The Balaban J connectivity index is 1.79. The van der Waals surface area contributed by atoms with Gasteiger partial charge in [-0.1, -0.05) is 18.0 Å². The summed E-state index contributed by atoms with van der Waals surface area (Å²) < 4.78 is 5.53. The number of aromatic amines is 1. The number of hydrogen-bond donors (Lipinski definition) is 2. The van der Waals surface area contributed by atoms with Gasteiger partial charge in [0.15, 0.2) is 0 Å². The molecule has 1 aromatic heterocycles. The quantitative estimate of drug-likeness (QED) is 0.585. The molecule has 0 aliphatic carbocycles. The Morgan fingerprint density at radius 1 is 1.37 bits per heavy atom. The maximum atomic E-state index is 11.5. The van der Waals surface area contributed by atoms with Crippen molar-refractivity contribution in [3.8, 4) is 5.75 Å². The number of ether oxygens (including phenoxy) is 1. The highest BCUT2D eigenvalue weighted by Crippen LogP contribution is 2.24. The second-order valence-corrected chi connectivity index (χ2v) is 6.98. The van der Waals surface area contributed by atoms with Crippen LogP contribution in [0.3, 0.4) is 0 Å². The fourth-order valence-corrected chi connectivity index (χ4v) is 3.29. The molecule has 7 nitrogen and oxygen atoms in total. The highest BCUT2D eigenvalue weighted by molar-refractivity contribution is 6.32. The minimum Gasteiger partial charge on any atom is -0.496 e. The normalized spacial score (nSPS) is 15.6. The van der Waals surface area contributed by atoms with E-state index in [4.69, 9.17) is 16.3 Å². The Labute approximate surface area is 163 Å². The SMILES string of the molecule is COc1ccc(/C(C)=N\Nc2cn[nH]c(=O)c2Cl)cc1CN1CCCCC1. The molecule has 1 aromatic carbocycles. The number of halogens is 1. The molecule has 0 atom stereocenters. The molecule has 0 unspecified atom stereocenters. The topological polar surface area (TPSA) is 82.6 Å². The van der Waals surface area contributed by atoms with Crippen molar-refractivity contribution in [3.05, 3.63) is 50.9 Å². The number of rotatable bonds is 6. The first-order valence-corrected chi connectivity index (χ1v) is 9.39. The first-order chi connectivity index (χ1) is 13.1. The predicted molar refractivity (Wildman–Crippen MR) is 108 cm³/mol. The molecule has 1 fully saturated rings. The second-order valence-electron chi connectivity index (χ2n) is 6.60. The monoisotopic (exact) mass is 389 g/mol. The third-order valence-electron chi connectivity index (χ3n) is 4.68. The van der Waals surface area contributed by atoms with Gasteiger partial charge in [0.2, 0.25) is 0 Å². The molecule has 0 radical (unpaired) electrons. The number of hydrogen-bond acceptors (Lipinski definition) is 6. The summed E-state index contributed by atoms with van der Waals surface area (Å²) in [5.74, 6) is 0.881. The van der Waals surface area contributed by atoms with Crippen LogP contribution >= 0.6 is 11.6 Å². The Kier molecular flexibility index (Phi) is 6.47. The van der Waals surface area contributed by atoms with Gasteiger partial charge in [-0.2, -0.15) is 10.2 Å². The van der Waals surface area contributed by atoms with Crippen molar-refractivity contribution >= 4 is 23.0 Å². The fourth-order valence-electron chi connectivity index (χ4n) is 3.16. The Morgan fingerprint density at radius 3 is 2.89 bits per heavy atom. The van der Waals surface area contributed by atoms with E-state index in [2.05, 4.69) is 31.7 Å². The van der Waals surface area contributed by atoms with Crippen molar-refractivity contribution in [2.75, 3.05) is 25.6 Å². The zero-order valence-electron chi connectivity index (χ0n) is 15.6. The molecule has 2 heterocycles. The molecule has 0 saturated carbocycles. The van der Waals surface area contributed by atoms with Crippen molar-refractivity contribution in [2.24, 2.45) is 5.10 Å². The van der Waals surface area contributed by atoms with E-state index in [0.717, 1.165) is 42.2 Å². The van der Waals surface area contributed by atoms with Crippen molar-refractivity contribution in [2.45, 2.75) is 32.7 Å². The number of likely N-dealkylation sites (tertiary alicyclic amines) is 1. The molecule has 144 valence electrons. The molecule has 3 rings (SSSR count). The fraction of sp³-hybridized carbons (Fsp3) is 0.421. The van der Waals surface area contributed by atoms with Gasteiger partial charge in [0.05, 0.1) is 19.0 Å². The number of aromatic nitrogens is 2. The number of nitrogens with one attached hydrogen (secondary N) is 2. The van der Waals surface area contributed by atoms with Crippen LogP contribution < -0.4 is 15.7 Å². The lowest BCUT2D eigenvalue weighted by molar-refractivity contribution is 0.218. The van der Waals surface area contributed by atoms with E-state index in [-0.39, 0.29) is 5.02 Å². The Morgan fingerprint density at radius 2 is 2.15 bits per heavy atom. The van der Waals surface area contributed by atoms with Gasteiger partial charge in [0.1, 0.15) is 16.5 Å². The van der Waals surface area contributed by atoms with E-state index in [1.54, 1.807) is 7.11 Å². The highest BCUT2D eigenvalue weighted by Gasteiger charge is 2.14. The summed E-state index contributed by atoms with van der Waals surface area (Å²) in [4.78, 5) is 14.0. The summed E-state index contributed by atoms with van der Waals surface area (Å²) in [5.41, 5.74) is 5.61. The second kappa shape index (κ2) is 9.01. The van der Waals surface area contributed by atoms with Gasteiger partial charge in [-0.3, -0.25) is 15.1 Å². The van der Waals surface area contributed by atoms with Crippen molar-refractivity contribution in [1.29, 1.82) is 0 Å². The Bertz CT molecular complexity index is 875. The lowest BCUT2D eigenvalue weighted by Gasteiger charge is -2.27. The van der Waals surface area contributed by atoms with Crippen LogP contribution in [0, 0.1) is 0 Å². The third kappa shape index (κ3) is 4.87. The minimum atomic E-state index is -0.456. The van der Waals surface area contributed by atoms with Crippen LogP contribution in [0.5, 0.6) is 5.75 Å². The summed E-state index contributed by atoms with van der Waals surface area (Å²) in [5, 5.41) is 10.4. The molecular weight excluding hydrogens is 366 g/mol. The smallest absolute Gasteiger partial charge is 0.285 e. The van der Waals surface area contributed by atoms with Crippen LogP contribution in [-0.4, -0.2) is 41.0 Å². The lowest BCUT2D eigenvalue weighted by atomic mass is 10.0. The molecule has 2 aromatic rings. The van der Waals surface area contributed by atoms with Crippen molar-refractivity contribution in [1.82, 2.24) is 15.1 Å². The van der Waals surface area contributed by atoms with Crippen LogP contribution in [-0.2, 0) is 6.54 Å². The lowest BCUT2D eigenvalue weighted by Crippen LogP contribution is -2.29. The van der Waals surface area contributed by atoms with Crippen molar-refractivity contribution < 1.29 is 4.74 Å². The molecule has 2 N–H and O–H groups in total. The van der Waals surface area contributed by atoms with E-state index in [0.29, 0.717) is 5.69 Å².